The maximum atomic E-state index is 13.2. The van der Waals surface area contributed by atoms with Gasteiger partial charge >= 0.3 is 0 Å². The summed E-state index contributed by atoms with van der Waals surface area (Å²) in [7, 11) is 0. The zero-order chi connectivity index (χ0) is 22.3. The average molecular weight is 424 g/mol. The maximum absolute atomic E-state index is 13.2. The molecule has 0 aromatic heterocycles. The van der Waals surface area contributed by atoms with Crippen LogP contribution in [0.1, 0.15) is 47.1 Å². The number of carbonyl (C=O) groups excluding carboxylic acids is 2. The molecule has 1 aliphatic rings. The Labute approximate surface area is 175 Å². The van der Waals surface area contributed by atoms with E-state index in [0.717, 1.165) is 0 Å². The van der Waals surface area contributed by atoms with E-state index in [1.165, 1.54) is 6.92 Å². The van der Waals surface area contributed by atoms with Crippen LogP contribution in [0.3, 0.4) is 0 Å². The first-order valence-corrected chi connectivity index (χ1v) is 9.86. The van der Waals surface area contributed by atoms with Gasteiger partial charge in [-0.1, -0.05) is 0 Å². The number of fused-ring (bicyclic) bond motifs is 1. The van der Waals surface area contributed by atoms with Crippen LogP contribution in [0.2, 0.25) is 0 Å². The number of Topliss-reactive ketones (excluding diaryl/α,β-unsaturated/α-hetero) is 2. The average Bonchev–Trinajstić information content (AvgIpc) is 2.73. The van der Waals surface area contributed by atoms with Crippen molar-refractivity contribution in [2.45, 2.75) is 27.7 Å². The molecule has 166 valence electrons. The summed E-state index contributed by atoms with van der Waals surface area (Å²) in [4.78, 5) is 26.3. The van der Waals surface area contributed by atoms with Gasteiger partial charge in [0.15, 0.2) is 11.5 Å². The lowest BCUT2D eigenvalue weighted by Gasteiger charge is -2.24. The molecule has 0 aliphatic heterocycles. The Balaban J connectivity index is 2.52. The van der Waals surface area contributed by atoms with Crippen LogP contribution in [-0.2, 0) is 18.9 Å². The molecular weight excluding hydrogens is 396 g/mol. The summed E-state index contributed by atoms with van der Waals surface area (Å²) in [5.74, 6) is -3.31. The standard InChI is InChI=1S/C21H28O9/c1-5-26-8-10-29-20-17(24)13-14(18(25)21(20)30-11-9-27-6-2)16(23)19(28-7-3)12(4)15(13)22/h22-23H,5-11H2,1-4H3. The summed E-state index contributed by atoms with van der Waals surface area (Å²) in [6.07, 6.45) is 0. The molecule has 0 fully saturated rings. The molecule has 0 radical (unpaired) electrons. The van der Waals surface area contributed by atoms with Gasteiger partial charge < -0.3 is 33.9 Å². The summed E-state index contributed by atoms with van der Waals surface area (Å²) in [5, 5.41) is 21.2. The Morgan fingerprint density at radius 2 is 1.13 bits per heavy atom. The second-order valence-electron chi connectivity index (χ2n) is 6.24. The first-order chi connectivity index (χ1) is 14.4. The number of ketones is 2. The molecule has 2 rings (SSSR count). The zero-order valence-corrected chi connectivity index (χ0v) is 17.7. The highest BCUT2D eigenvalue weighted by Gasteiger charge is 2.41. The SMILES string of the molecule is CCOCCOC1=C(OCCOCC)C(=O)c2c(O)c(OCC)c(C)c(O)c2C1=O. The van der Waals surface area contributed by atoms with Gasteiger partial charge in [0.2, 0.25) is 23.1 Å². The monoisotopic (exact) mass is 424 g/mol. The van der Waals surface area contributed by atoms with E-state index in [4.69, 9.17) is 23.7 Å². The van der Waals surface area contributed by atoms with Crippen molar-refractivity contribution in [3.63, 3.8) is 0 Å². The Bertz CT molecular complexity index is 827. The zero-order valence-electron chi connectivity index (χ0n) is 17.7. The molecule has 1 aliphatic carbocycles. The third-order valence-electron chi connectivity index (χ3n) is 4.35. The van der Waals surface area contributed by atoms with Crippen molar-refractivity contribution >= 4 is 11.6 Å². The molecule has 0 saturated carbocycles. The van der Waals surface area contributed by atoms with E-state index in [1.807, 2.05) is 13.8 Å². The highest BCUT2D eigenvalue weighted by atomic mass is 16.6. The quantitative estimate of drug-likeness (QED) is 0.385. The van der Waals surface area contributed by atoms with Crippen LogP contribution >= 0.6 is 0 Å². The number of aromatic hydroxyl groups is 2. The molecule has 9 heteroatoms. The van der Waals surface area contributed by atoms with Crippen LogP contribution in [0, 0.1) is 6.92 Å². The predicted octanol–water partition coefficient (Wildman–Crippen LogP) is 2.50. The largest absolute Gasteiger partial charge is 0.507 e. The van der Waals surface area contributed by atoms with Crippen molar-refractivity contribution in [2.24, 2.45) is 0 Å². The number of hydrogen-bond acceptors (Lipinski definition) is 9. The summed E-state index contributed by atoms with van der Waals surface area (Å²) >= 11 is 0. The van der Waals surface area contributed by atoms with E-state index in [9.17, 15) is 19.8 Å². The smallest absolute Gasteiger partial charge is 0.236 e. The lowest BCUT2D eigenvalue weighted by atomic mass is 9.88. The molecule has 0 amide bonds. The van der Waals surface area contributed by atoms with Crippen molar-refractivity contribution < 1.29 is 43.5 Å². The van der Waals surface area contributed by atoms with Crippen molar-refractivity contribution in [2.75, 3.05) is 46.2 Å². The van der Waals surface area contributed by atoms with Gasteiger partial charge in [-0.2, -0.15) is 0 Å². The van der Waals surface area contributed by atoms with Crippen molar-refractivity contribution in [3.05, 3.63) is 28.2 Å². The third kappa shape index (κ3) is 4.68. The van der Waals surface area contributed by atoms with Crippen molar-refractivity contribution in [3.8, 4) is 17.2 Å². The number of hydrogen-bond donors (Lipinski definition) is 2. The minimum Gasteiger partial charge on any atom is -0.507 e. The number of benzene rings is 1. The topological polar surface area (TPSA) is 121 Å². The Kier molecular flexibility index (Phi) is 8.49. The van der Waals surface area contributed by atoms with Crippen LogP contribution in [0.4, 0.5) is 0 Å². The molecule has 0 saturated heterocycles. The Morgan fingerprint density at radius 3 is 1.57 bits per heavy atom. The fourth-order valence-corrected chi connectivity index (χ4v) is 2.98. The molecule has 30 heavy (non-hydrogen) atoms. The number of rotatable bonds is 12. The van der Waals surface area contributed by atoms with E-state index in [2.05, 4.69) is 0 Å². The second-order valence-corrected chi connectivity index (χ2v) is 6.24. The van der Waals surface area contributed by atoms with Crippen LogP contribution < -0.4 is 4.74 Å². The third-order valence-corrected chi connectivity index (χ3v) is 4.35. The number of phenols is 2. The first kappa shape index (κ1) is 23.5. The Hall–Kier alpha value is -2.78. The van der Waals surface area contributed by atoms with Crippen LogP contribution in [-0.4, -0.2) is 68.0 Å². The summed E-state index contributed by atoms with van der Waals surface area (Å²) < 4.78 is 26.8. The predicted molar refractivity (Wildman–Crippen MR) is 106 cm³/mol. The van der Waals surface area contributed by atoms with E-state index in [0.29, 0.717) is 13.2 Å². The second kappa shape index (κ2) is 10.8. The fourth-order valence-electron chi connectivity index (χ4n) is 2.98. The van der Waals surface area contributed by atoms with Gasteiger partial charge in [0.1, 0.15) is 19.0 Å². The molecule has 2 N–H and O–H groups in total. The highest BCUT2D eigenvalue weighted by Crippen LogP contribution is 2.46. The lowest BCUT2D eigenvalue weighted by molar-refractivity contribution is 0.0483. The molecule has 0 heterocycles. The number of ether oxygens (including phenoxy) is 5. The van der Waals surface area contributed by atoms with Gasteiger partial charge in [-0.05, 0) is 27.7 Å². The van der Waals surface area contributed by atoms with E-state index >= 15 is 0 Å². The summed E-state index contributed by atoms with van der Waals surface area (Å²) in [5.41, 5.74) is -0.583. The van der Waals surface area contributed by atoms with Gasteiger partial charge in [-0.15, -0.1) is 0 Å². The fraction of sp³-hybridized carbons (Fsp3) is 0.524. The molecule has 0 bridgehead atoms. The van der Waals surface area contributed by atoms with E-state index < -0.39 is 23.1 Å². The molecule has 9 nitrogen and oxygen atoms in total. The van der Waals surface area contributed by atoms with Crippen molar-refractivity contribution in [1.29, 1.82) is 0 Å². The van der Waals surface area contributed by atoms with Gasteiger partial charge in [0, 0.05) is 18.8 Å². The molecule has 0 atom stereocenters. The highest BCUT2D eigenvalue weighted by molar-refractivity contribution is 6.28. The number of phenolic OH excluding ortho intramolecular Hbond substituents is 2. The molecule has 1 aromatic rings. The van der Waals surface area contributed by atoms with Gasteiger partial charge in [-0.3, -0.25) is 9.59 Å². The van der Waals surface area contributed by atoms with Crippen molar-refractivity contribution in [1.82, 2.24) is 0 Å². The first-order valence-electron chi connectivity index (χ1n) is 9.86. The number of carbonyl (C=O) groups is 2. The van der Waals surface area contributed by atoms with E-state index in [-0.39, 0.29) is 67.0 Å². The lowest BCUT2D eigenvalue weighted by Crippen LogP contribution is -2.27. The minimum absolute atomic E-state index is 0.00139. The summed E-state index contributed by atoms with van der Waals surface area (Å²) in [6, 6.07) is 0. The summed E-state index contributed by atoms with van der Waals surface area (Å²) in [6.45, 7) is 8.28. The van der Waals surface area contributed by atoms with Crippen LogP contribution in [0.25, 0.3) is 0 Å². The number of allylic oxidation sites excluding steroid dienone is 2. The van der Waals surface area contributed by atoms with Gasteiger partial charge in [0.25, 0.3) is 0 Å². The van der Waals surface area contributed by atoms with Gasteiger partial charge in [-0.25, -0.2) is 0 Å². The maximum Gasteiger partial charge on any atom is 0.236 e. The van der Waals surface area contributed by atoms with Crippen LogP contribution in [0.15, 0.2) is 11.5 Å². The molecular formula is C21H28O9. The molecule has 1 aromatic carbocycles. The molecule has 0 spiro atoms. The van der Waals surface area contributed by atoms with Gasteiger partial charge in [0.05, 0.1) is 30.9 Å². The normalized spacial score (nSPS) is 13.5. The minimum atomic E-state index is -0.790. The van der Waals surface area contributed by atoms with Crippen LogP contribution in [0.5, 0.6) is 17.2 Å². The Morgan fingerprint density at radius 1 is 0.667 bits per heavy atom. The van der Waals surface area contributed by atoms with E-state index in [1.54, 1.807) is 6.92 Å². The molecule has 0 unspecified atom stereocenters.